The average Bonchev–Trinajstić information content (AvgIpc) is 3.50. The Morgan fingerprint density at radius 3 is 2.83 bits per heavy atom. The number of hydrogen-bond donors (Lipinski definition) is 1. The number of amides is 1. The lowest BCUT2D eigenvalue weighted by Crippen LogP contribution is -2.28. The number of thiophene rings is 2. The number of nitrogens with one attached hydrogen (secondary N) is 1. The van der Waals surface area contributed by atoms with Gasteiger partial charge in [0.25, 0.3) is 0 Å². The maximum absolute atomic E-state index is 12.8. The average molecular weight is 528 g/mol. The lowest BCUT2D eigenvalue weighted by molar-refractivity contribution is -0.113. The number of thioether (sulfide) groups is 1. The van der Waals surface area contributed by atoms with Gasteiger partial charge in [-0.3, -0.25) is 4.79 Å². The summed E-state index contributed by atoms with van der Waals surface area (Å²) in [5.41, 5.74) is 4.49. The number of carbonyl (C=O) groups excluding carboxylic acids is 1. The smallest absolute Gasteiger partial charge is 0.235 e. The van der Waals surface area contributed by atoms with Gasteiger partial charge in [0, 0.05) is 27.7 Å². The van der Waals surface area contributed by atoms with Crippen molar-refractivity contribution < 1.29 is 4.79 Å². The third-order valence-corrected chi connectivity index (χ3v) is 10.7. The van der Waals surface area contributed by atoms with E-state index in [1.807, 2.05) is 11.6 Å². The zero-order valence-corrected chi connectivity index (χ0v) is 23.8. The summed E-state index contributed by atoms with van der Waals surface area (Å²) in [6.45, 7) is 11.2. The third kappa shape index (κ3) is 5.07. The Kier molecular flexibility index (Phi) is 7.74. The fourth-order valence-electron chi connectivity index (χ4n) is 4.82. The summed E-state index contributed by atoms with van der Waals surface area (Å²) in [7, 11) is 1.94. The Morgan fingerprint density at radius 2 is 2.14 bits per heavy atom. The Bertz CT molecular complexity index is 1280. The molecule has 1 atom stereocenters. The molecule has 1 amide bonds. The fraction of sp³-hybridized carbons (Fsp3) is 0.538. The van der Waals surface area contributed by atoms with Crippen LogP contribution in [-0.2, 0) is 31.1 Å². The Morgan fingerprint density at radius 1 is 1.37 bits per heavy atom. The lowest BCUT2D eigenvalue weighted by Gasteiger charge is -2.36. The number of aromatic nitrogens is 3. The molecule has 0 saturated carbocycles. The van der Waals surface area contributed by atoms with E-state index in [0.717, 1.165) is 49.1 Å². The summed E-state index contributed by atoms with van der Waals surface area (Å²) < 4.78 is 1.96. The molecule has 1 N–H and O–H groups in total. The molecule has 0 saturated heterocycles. The molecule has 4 rings (SSSR count). The minimum absolute atomic E-state index is 0.124. The highest BCUT2D eigenvalue weighted by molar-refractivity contribution is 7.99. The summed E-state index contributed by atoms with van der Waals surface area (Å²) in [6.07, 6.45) is 5.09. The zero-order chi connectivity index (χ0) is 25.3. The van der Waals surface area contributed by atoms with Crippen molar-refractivity contribution in [1.29, 1.82) is 5.26 Å². The highest BCUT2D eigenvalue weighted by atomic mass is 32.2. The second-order valence-corrected chi connectivity index (χ2v) is 13.0. The monoisotopic (exact) mass is 527 g/mol. The van der Waals surface area contributed by atoms with Gasteiger partial charge in [0.15, 0.2) is 11.0 Å². The summed E-state index contributed by atoms with van der Waals surface area (Å²) in [5.74, 6) is 1.53. The second kappa shape index (κ2) is 10.5. The van der Waals surface area contributed by atoms with E-state index in [-0.39, 0.29) is 17.1 Å². The van der Waals surface area contributed by atoms with Crippen molar-refractivity contribution in [3.63, 3.8) is 0 Å². The molecular weight excluding hydrogens is 495 g/mol. The van der Waals surface area contributed by atoms with E-state index in [4.69, 9.17) is 0 Å². The van der Waals surface area contributed by atoms with Crippen LogP contribution < -0.4 is 5.32 Å². The first-order chi connectivity index (χ1) is 16.7. The van der Waals surface area contributed by atoms with Crippen LogP contribution in [0.4, 0.5) is 5.00 Å². The van der Waals surface area contributed by atoms with Gasteiger partial charge >= 0.3 is 0 Å². The predicted molar refractivity (Wildman–Crippen MR) is 146 cm³/mol. The molecule has 0 aromatic carbocycles. The van der Waals surface area contributed by atoms with Crippen LogP contribution in [0.3, 0.4) is 0 Å². The van der Waals surface area contributed by atoms with Crippen molar-refractivity contribution >= 4 is 45.3 Å². The Labute approximate surface area is 220 Å². The highest BCUT2D eigenvalue weighted by Crippen LogP contribution is 2.45. The number of fused-ring (bicyclic) bond motifs is 1. The van der Waals surface area contributed by atoms with Crippen molar-refractivity contribution in [2.45, 2.75) is 71.9 Å². The molecule has 186 valence electrons. The number of aryl methyl sites for hydroxylation is 1. The molecule has 9 heteroatoms. The number of anilines is 1. The van der Waals surface area contributed by atoms with Crippen LogP contribution in [-0.4, -0.2) is 26.4 Å². The van der Waals surface area contributed by atoms with Gasteiger partial charge < -0.3 is 9.88 Å². The molecule has 0 radical (unpaired) electrons. The topological polar surface area (TPSA) is 83.6 Å². The summed E-state index contributed by atoms with van der Waals surface area (Å²) >= 11 is 4.68. The van der Waals surface area contributed by atoms with Gasteiger partial charge in [0.1, 0.15) is 11.1 Å². The molecule has 0 spiro atoms. The standard InChI is InChI=1S/C26H33N5OS3/c1-7-17-15(3)33-13-20(17)23-29-30-25(31(23)6)34-14-22(32)28-24-19(12-27)18-10-9-16(11-21(18)35-24)26(4,5)8-2/h13,16H,7-11,14H2,1-6H3,(H,28,32). The molecule has 3 aromatic heterocycles. The van der Waals surface area contributed by atoms with Crippen molar-refractivity contribution in [3.8, 4) is 17.5 Å². The van der Waals surface area contributed by atoms with Crippen molar-refractivity contribution in [3.05, 3.63) is 31.8 Å². The van der Waals surface area contributed by atoms with Crippen molar-refractivity contribution in [2.75, 3.05) is 11.1 Å². The van der Waals surface area contributed by atoms with Crippen LogP contribution in [0, 0.1) is 29.6 Å². The van der Waals surface area contributed by atoms with Crippen LogP contribution in [0.1, 0.15) is 67.0 Å². The van der Waals surface area contributed by atoms with Crippen LogP contribution in [0.5, 0.6) is 0 Å². The maximum Gasteiger partial charge on any atom is 0.235 e. The van der Waals surface area contributed by atoms with E-state index in [2.05, 4.69) is 61.6 Å². The lowest BCUT2D eigenvalue weighted by atomic mass is 9.69. The number of nitriles is 1. The SMILES string of the molecule is CCc1c(-c2nnc(SCC(=O)Nc3sc4c(c3C#N)CCC(C(C)(C)CC)C4)n2C)csc1C. The molecule has 6 nitrogen and oxygen atoms in total. The number of hydrogen-bond acceptors (Lipinski definition) is 7. The van der Waals surface area contributed by atoms with E-state index in [0.29, 0.717) is 21.6 Å². The maximum atomic E-state index is 12.8. The quantitative estimate of drug-likeness (QED) is 0.333. The molecule has 0 fully saturated rings. The number of nitrogens with zero attached hydrogens (tertiary/aromatic N) is 4. The summed E-state index contributed by atoms with van der Waals surface area (Å²) in [6, 6.07) is 2.36. The van der Waals surface area contributed by atoms with E-state index in [9.17, 15) is 10.1 Å². The Balaban J connectivity index is 1.44. The predicted octanol–water partition coefficient (Wildman–Crippen LogP) is 6.62. The van der Waals surface area contributed by atoms with Gasteiger partial charge in [0.2, 0.25) is 5.91 Å². The van der Waals surface area contributed by atoms with Crippen LogP contribution in [0.15, 0.2) is 10.5 Å². The van der Waals surface area contributed by atoms with Gasteiger partial charge in [-0.25, -0.2) is 0 Å². The first-order valence-electron chi connectivity index (χ1n) is 12.1. The van der Waals surface area contributed by atoms with Gasteiger partial charge in [0.05, 0.1) is 11.3 Å². The zero-order valence-electron chi connectivity index (χ0n) is 21.3. The molecule has 35 heavy (non-hydrogen) atoms. The van der Waals surface area contributed by atoms with E-state index < -0.39 is 0 Å². The first-order valence-corrected chi connectivity index (χ1v) is 14.8. The fourth-order valence-corrected chi connectivity index (χ4v) is 7.77. The van der Waals surface area contributed by atoms with Crippen LogP contribution >= 0.6 is 34.4 Å². The molecule has 1 aliphatic rings. The van der Waals surface area contributed by atoms with Crippen LogP contribution in [0.2, 0.25) is 0 Å². The summed E-state index contributed by atoms with van der Waals surface area (Å²) in [5, 5.41) is 25.1. The molecule has 1 aliphatic carbocycles. The molecule has 3 aromatic rings. The van der Waals surface area contributed by atoms with Gasteiger partial charge in [-0.15, -0.1) is 32.9 Å². The number of rotatable bonds is 8. The third-order valence-electron chi connectivity index (χ3n) is 7.51. The van der Waals surface area contributed by atoms with E-state index >= 15 is 0 Å². The highest BCUT2D eigenvalue weighted by Gasteiger charge is 2.34. The molecule has 0 bridgehead atoms. The van der Waals surface area contributed by atoms with Gasteiger partial charge in [-0.2, -0.15) is 5.26 Å². The van der Waals surface area contributed by atoms with Crippen molar-refractivity contribution in [2.24, 2.45) is 18.4 Å². The van der Waals surface area contributed by atoms with Gasteiger partial charge in [-0.05, 0) is 55.1 Å². The van der Waals surface area contributed by atoms with Gasteiger partial charge in [-0.1, -0.05) is 45.9 Å². The molecule has 3 heterocycles. The Hall–Kier alpha value is -2.15. The molecule has 0 aliphatic heterocycles. The molecule has 1 unspecified atom stereocenters. The first kappa shape index (κ1) is 25.9. The largest absolute Gasteiger partial charge is 0.316 e. The summed E-state index contributed by atoms with van der Waals surface area (Å²) in [4.78, 5) is 15.4. The van der Waals surface area contributed by atoms with Crippen LogP contribution in [0.25, 0.3) is 11.4 Å². The normalized spacial score (nSPS) is 15.6. The van der Waals surface area contributed by atoms with E-state index in [1.54, 1.807) is 22.7 Å². The van der Waals surface area contributed by atoms with Crippen molar-refractivity contribution in [1.82, 2.24) is 14.8 Å². The second-order valence-electron chi connectivity index (χ2n) is 9.84. The van der Waals surface area contributed by atoms with E-state index in [1.165, 1.54) is 27.1 Å². The minimum atomic E-state index is -0.124. The molecular formula is C26H33N5OS3. The number of carbonyl (C=O) groups is 1. The minimum Gasteiger partial charge on any atom is -0.316 e.